The summed E-state index contributed by atoms with van der Waals surface area (Å²) in [5.74, 6) is -0.0236. The average molecular weight is 412 g/mol. The molecule has 2 aliphatic heterocycles. The maximum absolute atomic E-state index is 12.6. The first-order valence-electron chi connectivity index (χ1n) is 9.57. The van der Waals surface area contributed by atoms with Crippen molar-refractivity contribution >= 4 is 40.7 Å². The molecule has 0 spiro atoms. The number of para-hydroxylation sites is 1. The summed E-state index contributed by atoms with van der Waals surface area (Å²) in [7, 11) is 0. The van der Waals surface area contributed by atoms with E-state index in [2.05, 4.69) is 32.7 Å². The number of halogens is 1. The topological polar surface area (TPSA) is 77.0 Å². The second-order valence-electron chi connectivity index (χ2n) is 7.03. The van der Waals surface area contributed by atoms with Crippen LogP contribution in [0.5, 0.6) is 0 Å². The molecule has 150 valence electrons. The van der Waals surface area contributed by atoms with Crippen molar-refractivity contribution in [2.24, 2.45) is 4.99 Å². The zero-order chi connectivity index (χ0) is 20.2. The Labute approximate surface area is 174 Å². The van der Waals surface area contributed by atoms with Gasteiger partial charge in [0.1, 0.15) is 6.04 Å². The van der Waals surface area contributed by atoms with Crippen molar-refractivity contribution in [2.45, 2.75) is 12.5 Å². The fourth-order valence-electron chi connectivity index (χ4n) is 3.46. The molecule has 2 amide bonds. The fourth-order valence-corrected chi connectivity index (χ4v) is 3.59. The Morgan fingerprint density at radius 1 is 1.00 bits per heavy atom. The number of benzene rings is 2. The van der Waals surface area contributed by atoms with Crippen LogP contribution in [0.25, 0.3) is 0 Å². The van der Waals surface area contributed by atoms with E-state index in [4.69, 9.17) is 11.6 Å². The molecule has 0 aliphatic carbocycles. The third-order valence-corrected chi connectivity index (χ3v) is 5.28. The van der Waals surface area contributed by atoms with Gasteiger partial charge in [0.2, 0.25) is 17.8 Å². The molecule has 2 aliphatic rings. The van der Waals surface area contributed by atoms with Crippen LogP contribution in [0.15, 0.2) is 59.6 Å². The van der Waals surface area contributed by atoms with Crippen molar-refractivity contribution in [3.8, 4) is 0 Å². The Hall–Kier alpha value is -3.06. The summed E-state index contributed by atoms with van der Waals surface area (Å²) in [6.07, 6.45) is 0.0346. The van der Waals surface area contributed by atoms with Gasteiger partial charge >= 0.3 is 0 Å². The minimum atomic E-state index is -0.749. The maximum Gasteiger partial charge on any atom is 0.249 e. The molecule has 7 nitrogen and oxygen atoms in total. The predicted octanol–water partition coefficient (Wildman–Crippen LogP) is 2.35. The highest BCUT2D eigenvalue weighted by atomic mass is 35.5. The van der Waals surface area contributed by atoms with Crippen molar-refractivity contribution in [3.63, 3.8) is 0 Å². The third-order valence-electron chi connectivity index (χ3n) is 5.02. The van der Waals surface area contributed by atoms with Crippen molar-refractivity contribution in [3.05, 3.63) is 59.6 Å². The number of amides is 2. The highest BCUT2D eigenvalue weighted by Crippen LogP contribution is 2.18. The largest absolute Gasteiger partial charge is 0.368 e. The third kappa shape index (κ3) is 4.68. The van der Waals surface area contributed by atoms with Gasteiger partial charge in [0.25, 0.3) is 0 Å². The fraction of sp³-hybridized carbons (Fsp3) is 0.286. The minimum Gasteiger partial charge on any atom is -0.368 e. The summed E-state index contributed by atoms with van der Waals surface area (Å²) in [6, 6.07) is 16.3. The van der Waals surface area contributed by atoms with E-state index in [9.17, 15) is 9.59 Å². The highest BCUT2D eigenvalue weighted by molar-refractivity contribution is 6.30. The van der Waals surface area contributed by atoms with Gasteiger partial charge < -0.3 is 15.1 Å². The lowest BCUT2D eigenvalue weighted by Gasteiger charge is -2.38. The first-order chi connectivity index (χ1) is 14.1. The molecule has 1 fully saturated rings. The van der Waals surface area contributed by atoms with E-state index in [0.717, 1.165) is 26.2 Å². The van der Waals surface area contributed by atoms with Gasteiger partial charge in [-0.2, -0.15) is 0 Å². The number of hydrogen-bond acceptors (Lipinski definition) is 5. The Bertz CT molecular complexity index is 908. The standard InChI is InChI=1S/C21H22ClN5O2/c22-15-6-8-16(9-7-15)23-20(29)18-14-19(28)25-21(24-18)27-12-10-26(11-13-27)17-4-2-1-3-5-17/h1-9,18H,10-14H2,(H,23,29)(H,24,25,28). The van der Waals surface area contributed by atoms with Crippen LogP contribution in [0.3, 0.4) is 0 Å². The van der Waals surface area contributed by atoms with Crippen molar-refractivity contribution in [1.29, 1.82) is 0 Å². The van der Waals surface area contributed by atoms with Gasteiger partial charge in [-0.15, -0.1) is 0 Å². The van der Waals surface area contributed by atoms with Crippen LogP contribution < -0.4 is 15.5 Å². The molecule has 0 aromatic heterocycles. The van der Waals surface area contributed by atoms with Crippen LogP contribution >= 0.6 is 11.6 Å². The zero-order valence-corrected chi connectivity index (χ0v) is 16.6. The van der Waals surface area contributed by atoms with Crippen molar-refractivity contribution in [2.75, 3.05) is 36.4 Å². The Kier molecular flexibility index (Phi) is 5.67. The predicted molar refractivity (Wildman–Crippen MR) is 114 cm³/mol. The smallest absolute Gasteiger partial charge is 0.249 e. The summed E-state index contributed by atoms with van der Waals surface area (Å²) in [6.45, 7) is 3.08. The molecule has 8 heteroatoms. The number of guanidine groups is 1. The molecule has 2 heterocycles. The van der Waals surface area contributed by atoms with E-state index in [1.165, 1.54) is 5.69 Å². The molecule has 1 atom stereocenters. The molecule has 4 rings (SSSR count). The lowest BCUT2D eigenvalue weighted by Crippen LogP contribution is -2.56. The number of rotatable bonds is 3. The normalized spacial score (nSPS) is 19.4. The van der Waals surface area contributed by atoms with E-state index in [0.29, 0.717) is 16.7 Å². The summed E-state index contributed by atoms with van der Waals surface area (Å²) < 4.78 is 0. The first-order valence-corrected chi connectivity index (χ1v) is 9.95. The molecule has 2 N–H and O–H groups in total. The maximum atomic E-state index is 12.6. The molecule has 0 bridgehead atoms. The molecule has 2 aromatic rings. The first kappa shape index (κ1) is 19.3. The number of nitrogens with zero attached hydrogens (tertiary/aromatic N) is 3. The number of carbonyl (C=O) groups excluding carboxylic acids is 2. The van der Waals surface area contributed by atoms with Gasteiger partial charge in [-0.05, 0) is 36.4 Å². The van der Waals surface area contributed by atoms with E-state index >= 15 is 0 Å². The van der Waals surface area contributed by atoms with Crippen LogP contribution in [0.2, 0.25) is 5.02 Å². The molecular formula is C21H22ClN5O2. The summed E-state index contributed by atoms with van der Waals surface area (Å²) in [5.41, 5.74) is 1.81. The number of hydrogen-bond donors (Lipinski definition) is 2. The van der Waals surface area contributed by atoms with Gasteiger partial charge in [0, 0.05) is 42.6 Å². The SMILES string of the molecule is O=C1CC(C(=O)Nc2ccc(Cl)cc2)N=C(N2CCN(c3ccccc3)CC2)N1. The van der Waals surface area contributed by atoms with Crippen LogP contribution in [-0.2, 0) is 9.59 Å². The van der Waals surface area contributed by atoms with E-state index in [-0.39, 0.29) is 18.2 Å². The minimum absolute atomic E-state index is 0.0346. The number of nitrogens with one attached hydrogen (secondary N) is 2. The molecule has 2 aromatic carbocycles. The Morgan fingerprint density at radius 2 is 1.66 bits per heavy atom. The highest BCUT2D eigenvalue weighted by Gasteiger charge is 2.30. The number of aliphatic imine (C=N–C) groups is 1. The lowest BCUT2D eigenvalue weighted by molar-refractivity contribution is -0.125. The molecule has 0 radical (unpaired) electrons. The van der Waals surface area contributed by atoms with Crippen LogP contribution in [0, 0.1) is 0 Å². The quantitative estimate of drug-likeness (QED) is 0.812. The van der Waals surface area contributed by atoms with Crippen LogP contribution in [-0.4, -0.2) is 54.9 Å². The van der Waals surface area contributed by atoms with Crippen molar-refractivity contribution < 1.29 is 9.59 Å². The second kappa shape index (κ2) is 8.53. The average Bonchev–Trinajstić information content (AvgIpc) is 2.75. The number of carbonyl (C=O) groups is 2. The van der Waals surface area contributed by atoms with Gasteiger partial charge in [-0.25, -0.2) is 4.99 Å². The number of anilines is 2. The number of piperazine rings is 1. The summed E-state index contributed by atoms with van der Waals surface area (Å²) in [5, 5.41) is 6.21. The summed E-state index contributed by atoms with van der Waals surface area (Å²) >= 11 is 5.87. The molecule has 29 heavy (non-hydrogen) atoms. The van der Waals surface area contributed by atoms with E-state index < -0.39 is 6.04 Å². The monoisotopic (exact) mass is 411 g/mol. The zero-order valence-electron chi connectivity index (χ0n) is 15.8. The van der Waals surface area contributed by atoms with Crippen LogP contribution in [0.1, 0.15) is 6.42 Å². The van der Waals surface area contributed by atoms with Gasteiger partial charge in [0.15, 0.2) is 0 Å². The molecule has 0 saturated carbocycles. The summed E-state index contributed by atoms with van der Waals surface area (Å²) in [4.78, 5) is 33.6. The van der Waals surface area contributed by atoms with E-state index in [1.54, 1.807) is 24.3 Å². The molecule has 1 saturated heterocycles. The van der Waals surface area contributed by atoms with Gasteiger partial charge in [0.05, 0.1) is 6.42 Å². The molecular weight excluding hydrogens is 390 g/mol. The second-order valence-corrected chi connectivity index (χ2v) is 7.46. The van der Waals surface area contributed by atoms with Crippen LogP contribution in [0.4, 0.5) is 11.4 Å². The molecule has 1 unspecified atom stereocenters. The van der Waals surface area contributed by atoms with Gasteiger partial charge in [-0.1, -0.05) is 29.8 Å². The van der Waals surface area contributed by atoms with Crippen molar-refractivity contribution in [1.82, 2.24) is 10.2 Å². The Balaban J connectivity index is 1.40. The lowest BCUT2D eigenvalue weighted by atomic mass is 10.1. The Morgan fingerprint density at radius 3 is 2.34 bits per heavy atom. The van der Waals surface area contributed by atoms with Gasteiger partial charge in [-0.3, -0.25) is 14.9 Å². The van der Waals surface area contributed by atoms with E-state index in [1.807, 2.05) is 23.1 Å².